The fourth-order valence-electron chi connectivity index (χ4n) is 4.69. The molecular weight excluding hydrogens is 364 g/mol. The van der Waals surface area contributed by atoms with Crippen molar-refractivity contribution >= 4 is 11.3 Å². The van der Waals surface area contributed by atoms with E-state index in [0.29, 0.717) is 0 Å². The van der Waals surface area contributed by atoms with Crippen LogP contribution in [-0.4, -0.2) is 35.2 Å². The lowest BCUT2D eigenvalue weighted by Gasteiger charge is -2.46. The molecule has 154 valence electrons. The fraction of sp³-hybridized carbons (Fsp3) is 0.625. The summed E-state index contributed by atoms with van der Waals surface area (Å²) in [6.07, 6.45) is 5.52. The number of hydrogen-bond acceptors (Lipinski definition) is 4. The highest BCUT2D eigenvalue weighted by molar-refractivity contribution is 7.09. The van der Waals surface area contributed by atoms with E-state index in [1.165, 1.54) is 23.3 Å². The van der Waals surface area contributed by atoms with Crippen LogP contribution in [0.25, 0.3) is 0 Å². The van der Waals surface area contributed by atoms with Crippen LogP contribution >= 0.6 is 11.3 Å². The van der Waals surface area contributed by atoms with Gasteiger partial charge >= 0.3 is 0 Å². The van der Waals surface area contributed by atoms with Gasteiger partial charge in [-0.05, 0) is 90.4 Å². The van der Waals surface area contributed by atoms with Gasteiger partial charge in [-0.3, -0.25) is 9.88 Å². The van der Waals surface area contributed by atoms with Crippen molar-refractivity contribution in [3.05, 3.63) is 52.0 Å². The molecule has 3 nitrogen and oxygen atoms in total. The normalized spacial score (nSPS) is 21.4. The Kier molecular flexibility index (Phi) is 6.33. The molecular formula is C24H36N2OS. The molecule has 0 radical (unpaired) electrons. The largest absolute Gasteiger partial charge is 0.375 e. The second-order valence-electron chi connectivity index (χ2n) is 9.22. The van der Waals surface area contributed by atoms with E-state index in [1.807, 2.05) is 18.3 Å². The summed E-state index contributed by atoms with van der Waals surface area (Å²) in [5.74, 6) is 0. The first-order chi connectivity index (χ1) is 13.2. The number of ether oxygens (including phenoxy) is 1. The summed E-state index contributed by atoms with van der Waals surface area (Å²) in [5.41, 5.74) is 2.34. The van der Waals surface area contributed by atoms with Gasteiger partial charge in [-0.1, -0.05) is 12.1 Å². The van der Waals surface area contributed by atoms with Gasteiger partial charge < -0.3 is 4.74 Å². The van der Waals surface area contributed by atoms with Crippen LogP contribution in [0.1, 0.15) is 63.6 Å². The van der Waals surface area contributed by atoms with Crippen molar-refractivity contribution < 1.29 is 4.74 Å². The van der Waals surface area contributed by atoms with Crippen molar-refractivity contribution in [3.8, 4) is 0 Å². The zero-order chi connectivity index (χ0) is 20.4. The molecule has 2 aromatic rings. The number of likely N-dealkylation sites (tertiary alicyclic amines) is 1. The van der Waals surface area contributed by atoms with Crippen LogP contribution in [0.3, 0.4) is 0 Å². The summed E-state index contributed by atoms with van der Waals surface area (Å²) >= 11 is 1.87. The lowest BCUT2D eigenvalue weighted by atomic mass is 9.69. The predicted molar refractivity (Wildman–Crippen MR) is 119 cm³/mol. The number of pyridine rings is 1. The van der Waals surface area contributed by atoms with Crippen molar-refractivity contribution in [2.24, 2.45) is 5.41 Å². The summed E-state index contributed by atoms with van der Waals surface area (Å²) in [6, 6.07) is 8.79. The summed E-state index contributed by atoms with van der Waals surface area (Å²) < 4.78 is 6.33. The van der Waals surface area contributed by atoms with E-state index in [2.05, 4.69) is 80.3 Å². The average molecular weight is 401 g/mol. The van der Waals surface area contributed by atoms with E-state index in [9.17, 15) is 0 Å². The Labute approximate surface area is 175 Å². The maximum absolute atomic E-state index is 6.33. The molecule has 0 aliphatic carbocycles. The molecule has 4 heteroatoms. The number of rotatable bonds is 8. The van der Waals surface area contributed by atoms with Gasteiger partial charge in [-0.25, -0.2) is 0 Å². The average Bonchev–Trinajstić information content (AvgIpc) is 3.31. The highest BCUT2D eigenvalue weighted by Crippen LogP contribution is 2.49. The molecule has 0 saturated carbocycles. The fourth-order valence-corrected chi connectivity index (χ4v) is 5.40. The van der Waals surface area contributed by atoms with Crippen LogP contribution in [0.15, 0.2) is 35.8 Å². The van der Waals surface area contributed by atoms with E-state index >= 15 is 0 Å². The van der Waals surface area contributed by atoms with Gasteiger partial charge in [-0.2, -0.15) is 0 Å². The number of aryl methyl sites for hydroxylation is 2. The van der Waals surface area contributed by atoms with Crippen LogP contribution in [0, 0.1) is 12.3 Å². The molecule has 28 heavy (non-hydrogen) atoms. The van der Waals surface area contributed by atoms with E-state index in [0.717, 1.165) is 31.8 Å². The minimum absolute atomic E-state index is 0.0341. The zero-order valence-electron chi connectivity index (χ0n) is 18.4. The Morgan fingerprint density at radius 2 is 2.00 bits per heavy atom. The van der Waals surface area contributed by atoms with Gasteiger partial charge in [-0.15, -0.1) is 11.3 Å². The molecule has 1 fully saturated rings. The molecule has 1 aliphatic heterocycles. The molecule has 0 aromatic carbocycles. The Morgan fingerprint density at radius 1 is 1.21 bits per heavy atom. The van der Waals surface area contributed by atoms with Crippen LogP contribution < -0.4 is 0 Å². The second-order valence-corrected chi connectivity index (χ2v) is 10.3. The number of thiophene rings is 1. The zero-order valence-corrected chi connectivity index (χ0v) is 19.2. The lowest BCUT2D eigenvalue weighted by Crippen LogP contribution is -2.50. The molecule has 3 rings (SSSR count). The monoisotopic (exact) mass is 400 g/mol. The van der Waals surface area contributed by atoms with Crippen molar-refractivity contribution in [3.63, 3.8) is 0 Å². The van der Waals surface area contributed by atoms with E-state index in [-0.39, 0.29) is 16.6 Å². The van der Waals surface area contributed by atoms with Crippen molar-refractivity contribution in [2.75, 3.05) is 19.7 Å². The van der Waals surface area contributed by atoms with Crippen LogP contribution in [-0.2, 0) is 16.7 Å². The van der Waals surface area contributed by atoms with Gasteiger partial charge in [0.15, 0.2) is 0 Å². The molecule has 1 atom stereocenters. The standard InChI is InChI=1S/C24H36N2OS/c1-7-27-23(5,6)24(13-12-21-9-8-16-28-21)14-15-26(18-24)22(3,4)20-11-10-19(2)25-17-20/h8-11,16-17H,7,12-15,18H2,1-6H3. The van der Waals surface area contributed by atoms with E-state index in [4.69, 9.17) is 4.74 Å². The highest BCUT2D eigenvalue weighted by Gasteiger charge is 2.52. The minimum Gasteiger partial charge on any atom is -0.375 e. The smallest absolute Gasteiger partial charge is 0.0695 e. The molecule has 1 aliphatic rings. The Balaban J connectivity index is 1.84. The van der Waals surface area contributed by atoms with Gasteiger partial charge in [0.25, 0.3) is 0 Å². The second kappa shape index (κ2) is 8.25. The number of hydrogen-bond donors (Lipinski definition) is 0. The summed E-state index contributed by atoms with van der Waals surface area (Å²) in [5, 5.41) is 2.18. The number of nitrogens with zero attached hydrogens (tertiary/aromatic N) is 2. The summed E-state index contributed by atoms with van der Waals surface area (Å²) in [7, 11) is 0. The molecule has 0 spiro atoms. The molecule has 2 aromatic heterocycles. The highest BCUT2D eigenvalue weighted by atomic mass is 32.1. The molecule has 0 bridgehead atoms. The first-order valence-corrected chi connectivity index (χ1v) is 11.4. The van der Waals surface area contributed by atoms with Gasteiger partial charge in [0.2, 0.25) is 0 Å². The maximum Gasteiger partial charge on any atom is 0.0695 e. The number of aromatic nitrogens is 1. The van der Waals surface area contributed by atoms with Crippen molar-refractivity contribution in [1.29, 1.82) is 0 Å². The topological polar surface area (TPSA) is 25.4 Å². The summed E-state index contributed by atoms with van der Waals surface area (Å²) in [4.78, 5) is 8.68. The van der Waals surface area contributed by atoms with E-state index < -0.39 is 0 Å². The Bertz CT molecular complexity index is 751. The molecule has 1 unspecified atom stereocenters. The van der Waals surface area contributed by atoms with Crippen molar-refractivity contribution in [1.82, 2.24) is 9.88 Å². The molecule has 0 amide bonds. The van der Waals surface area contributed by atoms with Crippen LogP contribution in [0.4, 0.5) is 0 Å². The Morgan fingerprint density at radius 3 is 2.61 bits per heavy atom. The quantitative estimate of drug-likeness (QED) is 0.558. The van der Waals surface area contributed by atoms with Crippen LogP contribution in [0.5, 0.6) is 0 Å². The lowest BCUT2D eigenvalue weighted by molar-refractivity contribution is -0.109. The third kappa shape index (κ3) is 4.19. The third-order valence-electron chi connectivity index (χ3n) is 6.97. The van der Waals surface area contributed by atoms with Crippen molar-refractivity contribution in [2.45, 2.75) is 71.9 Å². The first-order valence-electron chi connectivity index (χ1n) is 10.5. The molecule has 3 heterocycles. The molecule has 1 saturated heterocycles. The third-order valence-corrected chi connectivity index (χ3v) is 7.91. The summed E-state index contributed by atoms with van der Waals surface area (Å²) in [6.45, 7) is 16.4. The van der Waals surface area contributed by atoms with Gasteiger partial charge in [0, 0.05) is 40.9 Å². The molecule has 0 N–H and O–H groups in total. The minimum atomic E-state index is -0.143. The predicted octanol–water partition coefficient (Wildman–Crippen LogP) is 5.83. The van der Waals surface area contributed by atoms with Crippen LogP contribution in [0.2, 0.25) is 0 Å². The van der Waals surface area contributed by atoms with Gasteiger partial charge in [0.1, 0.15) is 0 Å². The van der Waals surface area contributed by atoms with Gasteiger partial charge in [0.05, 0.1) is 5.60 Å². The van der Waals surface area contributed by atoms with E-state index in [1.54, 1.807) is 0 Å². The Hall–Kier alpha value is -1.23. The SMILES string of the molecule is CCOC(C)(C)C1(CCc2cccs2)CCN(C(C)(C)c2ccc(C)nc2)C1. The first kappa shape index (κ1) is 21.5. The maximum atomic E-state index is 6.33.